The van der Waals surface area contributed by atoms with Crippen LogP contribution in [-0.4, -0.2) is 23.6 Å². The van der Waals surface area contributed by atoms with Crippen LogP contribution in [0.25, 0.3) is 0 Å². The lowest BCUT2D eigenvalue weighted by molar-refractivity contribution is 0.585. The number of hydrogen-bond acceptors (Lipinski definition) is 2. The molecule has 0 amide bonds. The topological polar surface area (TPSA) is 58.4 Å². The van der Waals surface area contributed by atoms with E-state index < -0.39 is 0 Å². The fourth-order valence-corrected chi connectivity index (χ4v) is 2.59. The number of unbranched alkanes of at least 4 members (excludes halogenated alkanes) is 1. The second-order valence-corrected chi connectivity index (χ2v) is 6.06. The van der Waals surface area contributed by atoms with E-state index >= 15 is 0 Å². The van der Waals surface area contributed by atoms with Crippen LogP contribution >= 0.6 is 35.6 Å². The molecule has 0 aliphatic carbocycles. The van der Waals surface area contributed by atoms with Crippen molar-refractivity contribution in [1.82, 2.24) is 15.2 Å². The molecule has 0 spiro atoms. The maximum atomic E-state index is 11.6. The summed E-state index contributed by atoms with van der Waals surface area (Å²) >= 11 is 6.16. The molecule has 1 aromatic heterocycles. The van der Waals surface area contributed by atoms with Gasteiger partial charge in [0.25, 0.3) is 0 Å². The van der Waals surface area contributed by atoms with E-state index in [1.165, 1.54) is 0 Å². The van der Waals surface area contributed by atoms with Crippen molar-refractivity contribution >= 4 is 41.5 Å². The second-order valence-electron chi connectivity index (χ2n) is 5.65. The fraction of sp³-hybridized carbons (Fsp3) is 0.368. The summed E-state index contributed by atoms with van der Waals surface area (Å²) in [5, 5.41) is 7.28. The molecule has 0 aliphatic heterocycles. The molecule has 0 bridgehead atoms. The quantitative estimate of drug-likeness (QED) is 0.258. The number of aromatic nitrogens is 1. The van der Waals surface area contributed by atoms with Gasteiger partial charge in [0.15, 0.2) is 5.96 Å². The lowest BCUT2D eigenvalue weighted by Gasteiger charge is -2.12. The Morgan fingerprint density at radius 3 is 2.62 bits per heavy atom. The summed E-state index contributed by atoms with van der Waals surface area (Å²) in [5.41, 5.74) is 1.05. The van der Waals surface area contributed by atoms with Crippen LogP contribution in [0.1, 0.15) is 25.3 Å². The first-order chi connectivity index (χ1) is 12.2. The maximum absolute atomic E-state index is 11.6. The molecule has 7 heteroatoms. The van der Waals surface area contributed by atoms with Crippen molar-refractivity contribution < 1.29 is 0 Å². The zero-order valence-electron chi connectivity index (χ0n) is 15.0. The van der Waals surface area contributed by atoms with Gasteiger partial charge in [-0.2, -0.15) is 0 Å². The third-order valence-electron chi connectivity index (χ3n) is 3.73. The predicted molar refractivity (Wildman–Crippen MR) is 120 cm³/mol. The van der Waals surface area contributed by atoms with Gasteiger partial charge in [0.05, 0.1) is 6.54 Å². The summed E-state index contributed by atoms with van der Waals surface area (Å²) in [5.74, 6) is 0.777. The molecule has 2 aromatic rings. The molecule has 1 heterocycles. The molecular formula is C19H26ClIN4O. The van der Waals surface area contributed by atoms with Crippen LogP contribution in [-0.2, 0) is 13.1 Å². The second kappa shape index (κ2) is 12.8. The van der Waals surface area contributed by atoms with Gasteiger partial charge in [0.2, 0.25) is 5.56 Å². The number of nitrogens with one attached hydrogen (secondary N) is 2. The lowest BCUT2D eigenvalue weighted by Crippen LogP contribution is -2.37. The highest BCUT2D eigenvalue weighted by Crippen LogP contribution is 2.15. The molecule has 0 saturated heterocycles. The van der Waals surface area contributed by atoms with Crippen molar-refractivity contribution in [2.45, 2.75) is 32.9 Å². The number of hydrogen-bond donors (Lipinski definition) is 2. The molecule has 5 nitrogen and oxygen atoms in total. The number of benzene rings is 1. The van der Waals surface area contributed by atoms with Gasteiger partial charge in [-0.25, -0.2) is 4.99 Å². The molecule has 0 unspecified atom stereocenters. The van der Waals surface area contributed by atoms with Crippen molar-refractivity contribution in [3.8, 4) is 0 Å². The number of nitrogens with zero attached hydrogens (tertiary/aromatic N) is 2. The Balaban J connectivity index is 0.00000338. The molecule has 0 radical (unpaired) electrons. The molecular weight excluding hydrogens is 463 g/mol. The molecule has 0 fully saturated rings. The zero-order valence-corrected chi connectivity index (χ0v) is 18.0. The van der Waals surface area contributed by atoms with Crippen molar-refractivity contribution in [2.24, 2.45) is 4.99 Å². The normalized spacial score (nSPS) is 10.9. The summed E-state index contributed by atoms with van der Waals surface area (Å²) in [6.07, 6.45) is 3.71. The minimum Gasteiger partial charge on any atom is -0.357 e. The first kappa shape index (κ1) is 22.5. The number of aliphatic imine (C=N–C) groups is 1. The van der Waals surface area contributed by atoms with Gasteiger partial charge >= 0.3 is 0 Å². The number of pyridine rings is 1. The van der Waals surface area contributed by atoms with Crippen LogP contribution in [0, 0.1) is 0 Å². The third kappa shape index (κ3) is 7.78. The van der Waals surface area contributed by atoms with E-state index in [9.17, 15) is 4.79 Å². The molecule has 0 aliphatic rings. The van der Waals surface area contributed by atoms with Gasteiger partial charge in [0.1, 0.15) is 0 Å². The summed E-state index contributed by atoms with van der Waals surface area (Å²) in [7, 11) is 0. The van der Waals surface area contributed by atoms with E-state index in [-0.39, 0.29) is 29.5 Å². The van der Waals surface area contributed by atoms with Crippen LogP contribution in [0.3, 0.4) is 0 Å². The largest absolute Gasteiger partial charge is 0.357 e. The summed E-state index contributed by atoms with van der Waals surface area (Å²) in [6, 6.07) is 13.0. The number of aryl methyl sites for hydroxylation is 1. The fourth-order valence-electron chi connectivity index (χ4n) is 2.39. The highest BCUT2D eigenvalue weighted by Gasteiger charge is 2.01. The van der Waals surface area contributed by atoms with Gasteiger partial charge in [-0.3, -0.25) is 4.79 Å². The molecule has 26 heavy (non-hydrogen) atoms. The van der Waals surface area contributed by atoms with Crippen LogP contribution in [0.4, 0.5) is 0 Å². The Kier molecular flexibility index (Phi) is 11.0. The van der Waals surface area contributed by atoms with Gasteiger partial charge in [-0.15, -0.1) is 24.0 Å². The summed E-state index contributed by atoms with van der Waals surface area (Å²) in [4.78, 5) is 16.2. The van der Waals surface area contributed by atoms with Crippen LogP contribution in [0.15, 0.2) is 58.4 Å². The Morgan fingerprint density at radius 2 is 1.88 bits per heavy atom. The molecule has 142 valence electrons. The first-order valence-electron chi connectivity index (χ1n) is 8.61. The van der Waals surface area contributed by atoms with Crippen molar-refractivity contribution in [1.29, 1.82) is 0 Å². The van der Waals surface area contributed by atoms with Crippen molar-refractivity contribution in [3.63, 3.8) is 0 Å². The number of halogens is 2. The van der Waals surface area contributed by atoms with Gasteiger partial charge in [-0.05, 0) is 37.5 Å². The van der Waals surface area contributed by atoms with Crippen LogP contribution < -0.4 is 16.2 Å². The van der Waals surface area contributed by atoms with E-state index in [4.69, 9.17) is 11.6 Å². The number of guanidine groups is 1. The summed E-state index contributed by atoms with van der Waals surface area (Å²) in [6.45, 7) is 4.90. The van der Waals surface area contributed by atoms with E-state index in [2.05, 4.69) is 15.6 Å². The predicted octanol–water partition coefficient (Wildman–Crippen LogP) is 3.66. The van der Waals surface area contributed by atoms with Crippen LogP contribution in [0.2, 0.25) is 5.02 Å². The summed E-state index contributed by atoms with van der Waals surface area (Å²) < 4.78 is 1.73. The Labute approximate surface area is 176 Å². The Morgan fingerprint density at radius 1 is 1.12 bits per heavy atom. The molecule has 0 atom stereocenters. The smallest absolute Gasteiger partial charge is 0.250 e. The zero-order chi connectivity index (χ0) is 17.9. The SMILES string of the molecule is CCNC(=NCc1ccccc1Cl)NCCCCn1ccccc1=O.I. The van der Waals surface area contributed by atoms with Crippen molar-refractivity contribution in [2.75, 3.05) is 13.1 Å². The minimum absolute atomic E-state index is 0. The minimum atomic E-state index is 0. The molecule has 0 saturated carbocycles. The number of rotatable bonds is 8. The maximum Gasteiger partial charge on any atom is 0.250 e. The average Bonchev–Trinajstić information content (AvgIpc) is 2.62. The van der Waals surface area contributed by atoms with Gasteiger partial charge in [0, 0.05) is 36.9 Å². The molecule has 2 rings (SSSR count). The van der Waals surface area contributed by atoms with Gasteiger partial charge in [-0.1, -0.05) is 35.9 Å². The first-order valence-corrected chi connectivity index (χ1v) is 8.99. The van der Waals surface area contributed by atoms with Crippen LogP contribution in [0.5, 0.6) is 0 Å². The van der Waals surface area contributed by atoms with Gasteiger partial charge < -0.3 is 15.2 Å². The van der Waals surface area contributed by atoms with E-state index in [1.54, 1.807) is 16.7 Å². The van der Waals surface area contributed by atoms with E-state index in [1.807, 2.05) is 43.5 Å². The average molecular weight is 489 g/mol. The van der Waals surface area contributed by atoms with E-state index in [0.29, 0.717) is 6.54 Å². The molecule has 1 aromatic carbocycles. The van der Waals surface area contributed by atoms with Crippen molar-refractivity contribution in [3.05, 3.63) is 69.6 Å². The highest BCUT2D eigenvalue weighted by atomic mass is 127. The Bertz CT molecular complexity index is 748. The highest BCUT2D eigenvalue weighted by molar-refractivity contribution is 14.0. The van der Waals surface area contributed by atoms with E-state index in [0.717, 1.165) is 49.0 Å². The standard InChI is InChI=1S/C19H25ClN4O.HI/c1-2-21-19(23-15-16-9-3-4-10-17(16)20)22-12-6-8-14-24-13-7-5-11-18(24)25;/h3-5,7,9-11,13H,2,6,8,12,14-15H2,1H3,(H2,21,22,23);1H. The Hall–Kier alpha value is -1.54. The third-order valence-corrected chi connectivity index (χ3v) is 4.10. The lowest BCUT2D eigenvalue weighted by atomic mass is 10.2. The molecule has 2 N–H and O–H groups in total. The monoisotopic (exact) mass is 488 g/mol.